The van der Waals surface area contributed by atoms with Crippen LogP contribution < -0.4 is 0 Å². The Kier molecular flexibility index (Phi) is 1.63. The van der Waals surface area contributed by atoms with Crippen LogP contribution in [0.3, 0.4) is 0 Å². The molecule has 0 saturated carbocycles. The lowest BCUT2D eigenvalue weighted by Gasteiger charge is -2.03. The van der Waals surface area contributed by atoms with Crippen LogP contribution in [0.5, 0.6) is 0 Å². The van der Waals surface area contributed by atoms with Crippen molar-refractivity contribution in [3.63, 3.8) is 0 Å². The molecule has 8 heavy (non-hydrogen) atoms. The molecule has 2 unspecified atom stereocenters. The van der Waals surface area contributed by atoms with Crippen molar-refractivity contribution in [2.75, 3.05) is 6.61 Å². The Balaban J connectivity index is 2.41. The highest BCUT2D eigenvalue weighted by molar-refractivity contribution is 5.54. The minimum atomic E-state index is 0.160. The van der Waals surface area contributed by atoms with Gasteiger partial charge in [-0.05, 0) is 13.3 Å². The number of carbonyl (C=O) groups is 1. The van der Waals surface area contributed by atoms with Gasteiger partial charge in [-0.3, -0.25) is 0 Å². The lowest BCUT2D eigenvalue weighted by atomic mass is 10.1. The molecule has 1 aliphatic rings. The Bertz CT molecular complexity index is 90.5. The van der Waals surface area contributed by atoms with Crippen molar-refractivity contribution in [1.82, 2.24) is 0 Å². The molecule has 1 aliphatic heterocycles. The van der Waals surface area contributed by atoms with Gasteiger partial charge in [0.25, 0.3) is 0 Å². The highest BCUT2D eigenvalue weighted by Crippen LogP contribution is 2.17. The molecule has 0 radical (unpaired) electrons. The third-order valence-electron chi connectivity index (χ3n) is 1.61. The zero-order valence-corrected chi connectivity index (χ0v) is 4.96. The van der Waals surface area contributed by atoms with E-state index in [2.05, 4.69) is 0 Å². The van der Waals surface area contributed by atoms with Crippen LogP contribution in [0.15, 0.2) is 0 Å². The largest absolute Gasteiger partial charge is 0.378 e. The smallest absolute Gasteiger partial charge is 0.125 e. The molecule has 2 nitrogen and oxygen atoms in total. The van der Waals surface area contributed by atoms with E-state index in [4.69, 9.17) is 4.74 Å². The van der Waals surface area contributed by atoms with Crippen molar-refractivity contribution in [1.29, 1.82) is 0 Å². The number of aldehydes is 1. The Hall–Kier alpha value is -0.370. The predicted molar refractivity (Wildman–Crippen MR) is 29.6 cm³/mol. The summed E-state index contributed by atoms with van der Waals surface area (Å²) >= 11 is 0. The molecular formula is C6H10O2. The Labute approximate surface area is 48.8 Å². The van der Waals surface area contributed by atoms with E-state index in [-0.39, 0.29) is 12.0 Å². The molecule has 0 aromatic rings. The first-order valence-electron chi connectivity index (χ1n) is 2.91. The quantitative estimate of drug-likeness (QED) is 0.467. The van der Waals surface area contributed by atoms with Crippen molar-refractivity contribution >= 4 is 6.29 Å². The first-order chi connectivity index (χ1) is 3.84. The SMILES string of the molecule is CC1OCCC1C=O. The molecule has 1 heterocycles. The number of carbonyl (C=O) groups excluding carboxylic acids is 1. The summed E-state index contributed by atoms with van der Waals surface area (Å²) in [5, 5.41) is 0. The fraction of sp³-hybridized carbons (Fsp3) is 0.833. The lowest BCUT2D eigenvalue weighted by Crippen LogP contribution is -2.11. The molecule has 46 valence electrons. The second kappa shape index (κ2) is 2.27. The summed E-state index contributed by atoms with van der Waals surface area (Å²) < 4.78 is 5.13. The summed E-state index contributed by atoms with van der Waals surface area (Å²) in [6.45, 7) is 2.69. The molecule has 0 amide bonds. The molecule has 1 saturated heterocycles. The van der Waals surface area contributed by atoms with Crippen LogP contribution in [0.25, 0.3) is 0 Å². The topological polar surface area (TPSA) is 26.3 Å². The zero-order valence-electron chi connectivity index (χ0n) is 4.96. The fourth-order valence-corrected chi connectivity index (χ4v) is 0.927. The standard InChI is InChI=1S/C6H10O2/c1-5-6(4-7)2-3-8-5/h4-6H,2-3H2,1H3. The van der Waals surface area contributed by atoms with Gasteiger partial charge >= 0.3 is 0 Å². The Morgan fingerprint density at radius 3 is 2.75 bits per heavy atom. The highest BCUT2D eigenvalue weighted by Gasteiger charge is 2.22. The van der Waals surface area contributed by atoms with E-state index in [1.165, 1.54) is 0 Å². The Morgan fingerprint density at radius 2 is 2.50 bits per heavy atom. The molecule has 2 atom stereocenters. The van der Waals surface area contributed by atoms with Crippen LogP contribution in [0.4, 0.5) is 0 Å². The summed E-state index contributed by atoms with van der Waals surface area (Å²) in [6, 6.07) is 0. The van der Waals surface area contributed by atoms with Crippen LogP contribution in [-0.2, 0) is 9.53 Å². The molecule has 0 aromatic heterocycles. The third kappa shape index (κ3) is 0.892. The average molecular weight is 114 g/mol. The van der Waals surface area contributed by atoms with Gasteiger partial charge in [0.1, 0.15) is 6.29 Å². The third-order valence-corrected chi connectivity index (χ3v) is 1.61. The number of ether oxygens (including phenoxy) is 1. The van der Waals surface area contributed by atoms with Gasteiger partial charge in [-0.1, -0.05) is 0 Å². The maximum Gasteiger partial charge on any atom is 0.125 e. The first kappa shape index (κ1) is 5.76. The van der Waals surface area contributed by atoms with E-state index in [0.29, 0.717) is 0 Å². The maximum atomic E-state index is 10.1. The van der Waals surface area contributed by atoms with Crippen molar-refractivity contribution in [2.24, 2.45) is 5.92 Å². The number of hydrogen-bond acceptors (Lipinski definition) is 2. The van der Waals surface area contributed by atoms with Gasteiger partial charge in [0.15, 0.2) is 0 Å². The van der Waals surface area contributed by atoms with Crippen LogP contribution >= 0.6 is 0 Å². The number of hydrogen-bond donors (Lipinski definition) is 0. The van der Waals surface area contributed by atoms with Gasteiger partial charge in [0.05, 0.1) is 6.10 Å². The molecule has 0 bridgehead atoms. The molecule has 0 aromatic carbocycles. The molecule has 1 fully saturated rings. The van der Waals surface area contributed by atoms with E-state index < -0.39 is 0 Å². The van der Waals surface area contributed by atoms with Crippen LogP contribution in [0.2, 0.25) is 0 Å². The van der Waals surface area contributed by atoms with E-state index in [9.17, 15) is 4.79 Å². The molecule has 2 heteroatoms. The van der Waals surface area contributed by atoms with E-state index in [1.807, 2.05) is 6.92 Å². The summed E-state index contributed by atoms with van der Waals surface area (Å²) in [5.74, 6) is 0.162. The average Bonchev–Trinajstić information content (AvgIpc) is 2.14. The van der Waals surface area contributed by atoms with Crippen molar-refractivity contribution in [3.05, 3.63) is 0 Å². The van der Waals surface area contributed by atoms with E-state index >= 15 is 0 Å². The molecule has 0 aliphatic carbocycles. The Morgan fingerprint density at radius 1 is 1.75 bits per heavy atom. The zero-order chi connectivity index (χ0) is 5.98. The molecular weight excluding hydrogens is 104 g/mol. The second-order valence-corrected chi connectivity index (χ2v) is 2.16. The summed E-state index contributed by atoms with van der Waals surface area (Å²) in [4.78, 5) is 10.1. The molecule has 0 N–H and O–H groups in total. The van der Waals surface area contributed by atoms with Gasteiger partial charge < -0.3 is 9.53 Å². The van der Waals surface area contributed by atoms with Crippen molar-refractivity contribution < 1.29 is 9.53 Å². The highest BCUT2D eigenvalue weighted by atomic mass is 16.5. The fourth-order valence-electron chi connectivity index (χ4n) is 0.927. The normalized spacial score (nSPS) is 37.6. The minimum absolute atomic E-state index is 0.160. The molecule has 0 spiro atoms. The molecule has 1 rings (SSSR count). The summed E-state index contributed by atoms with van der Waals surface area (Å²) in [6.07, 6.45) is 2.05. The van der Waals surface area contributed by atoms with Gasteiger partial charge in [0.2, 0.25) is 0 Å². The van der Waals surface area contributed by atoms with Gasteiger partial charge in [-0.15, -0.1) is 0 Å². The second-order valence-electron chi connectivity index (χ2n) is 2.16. The maximum absolute atomic E-state index is 10.1. The minimum Gasteiger partial charge on any atom is -0.378 e. The van der Waals surface area contributed by atoms with Gasteiger partial charge in [0, 0.05) is 12.5 Å². The monoisotopic (exact) mass is 114 g/mol. The first-order valence-corrected chi connectivity index (χ1v) is 2.91. The predicted octanol–water partition coefficient (Wildman–Crippen LogP) is 0.610. The van der Waals surface area contributed by atoms with E-state index in [1.54, 1.807) is 0 Å². The summed E-state index contributed by atoms with van der Waals surface area (Å²) in [5.41, 5.74) is 0. The number of rotatable bonds is 1. The lowest BCUT2D eigenvalue weighted by molar-refractivity contribution is -0.112. The van der Waals surface area contributed by atoms with Crippen molar-refractivity contribution in [3.8, 4) is 0 Å². The van der Waals surface area contributed by atoms with Crippen LogP contribution in [0, 0.1) is 5.92 Å². The van der Waals surface area contributed by atoms with Gasteiger partial charge in [-0.2, -0.15) is 0 Å². The summed E-state index contributed by atoms with van der Waals surface area (Å²) in [7, 11) is 0. The van der Waals surface area contributed by atoms with Crippen LogP contribution in [-0.4, -0.2) is 19.0 Å². The van der Waals surface area contributed by atoms with E-state index in [0.717, 1.165) is 19.3 Å². The van der Waals surface area contributed by atoms with Crippen LogP contribution in [0.1, 0.15) is 13.3 Å². The van der Waals surface area contributed by atoms with Gasteiger partial charge in [-0.25, -0.2) is 0 Å². The van der Waals surface area contributed by atoms with Crippen molar-refractivity contribution in [2.45, 2.75) is 19.4 Å².